The molecule has 17 heavy (non-hydrogen) atoms. The van der Waals surface area contributed by atoms with Crippen molar-refractivity contribution >= 4 is 5.82 Å². The van der Waals surface area contributed by atoms with Gasteiger partial charge in [-0.25, -0.2) is 0 Å². The molecule has 3 heteroatoms. The van der Waals surface area contributed by atoms with E-state index in [-0.39, 0.29) is 0 Å². The Morgan fingerprint density at radius 3 is 2.76 bits per heavy atom. The third-order valence-electron chi connectivity index (χ3n) is 3.78. The van der Waals surface area contributed by atoms with E-state index in [1.165, 1.54) is 44.1 Å². The minimum absolute atomic E-state index is 0.561. The summed E-state index contributed by atoms with van der Waals surface area (Å²) in [7, 11) is 0. The number of nitrogens with one attached hydrogen (secondary N) is 1. The summed E-state index contributed by atoms with van der Waals surface area (Å²) in [5.41, 5.74) is 1.17. The molecule has 0 bridgehead atoms. The topological polar surface area (TPSA) is 37.8 Å². The van der Waals surface area contributed by atoms with Gasteiger partial charge >= 0.3 is 0 Å². The summed E-state index contributed by atoms with van der Waals surface area (Å²) in [6, 6.07) is 2.64. The Kier molecular flexibility index (Phi) is 4.35. The van der Waals surface area contributed by atoms with E-state index in [2.05, 4.69) is 35.4 Å². The second-order valence-electron chi connectivity index (χ2n) is 5.18. The lowest BCUT2D eigenvalue weighted by Crippen LogP contribution is -2.30. The molecule has 0 radical (unpaired) electrons. The Hall–Kier alpha value is -1.12. The van der Waals surface area contributed by atoms with Gasteiger partial charge in [0.2, 0.25) is 0 Å². The van der Waals surface area contributed by atoms with Crippen LogP contribution in [0.5, 0.6) is 0 Å². The van der Waals surface area contributed by atoms with Crippen molar-refractivity contribution in [1.82, 2.24) is 10.2 Å². The van der Waals surface area contributed by atoms with Crippen molar-refractivity contribution in [2.75, 3.05) is 5.32 Å². The molecule has 0 saturated heterocycles. The molecular weight excluding hydrogens is 210 g/mol. The predicted molar refractivity (Wildman–Crippen MR) is 71.0 cm³/mol. The zero-order valence-corrected chi connectivity index (χ0v) is 10.9. The quantitative estimate of drug-likeness (QED) is 0.864. The van der Waals surface area contributed by atoms with Gasteiger partial charge in [0, 0.05) is 6.04 Å². The van der Waals surface area contributed by atoms with Gasteiger partial charge in [0.15, 0.2) is 0 Å². The maximum absolute atomic E-state index is 4.16. The molecule has 0 spiro atoms. The van der Waals surface area contributed by atoms with E-state index < -0.39 is 0 Å². The zero-order chi connectivity index (χ0) is 12.1. The van der Waals surface area contributed by atoms with Crippen LogP contribution in [0.1, 0.15) is 51.0 Å². The van der Waals surface area contributed by atoms with Gasteiger partial charge in [-0.05, 0) is 43.7 Å². The van der Waals surface area contributed by atoms with Crippen LogP contribution >= 0.6 is 0 Å². The highest BCUT2D eigenvalue weighted by Gasteiger charge is 2.22. The van der Waals surface area contributed by atoms with Gasteiger partial charge in [0.1, 0.15) is 5.82 Å². The first-order chi connectivity index (χ1) is 8.29. The fraction of sp³-hybridized carbons (Fsp3) is 0.714. The number of hydrogen-bond acceptors (Lipinski definition) is 3. The van der Waals surface area contributed by atoms with Crippen molar-refractivity contribution in [2.45, 2.75) is 58.4 Å². The Morgan fingerprint density at radius 2 is 2.12 bits per heavy atom. The third-order valence-corrected chi connectivity index (χ3v) is 3.78. The van der Waals surface area contributed by atoms with Crippen LogP contribution < -0.4 is 5.32 Å². The predicted octanol–water partition coefficient (Wildman–Crippen LogP) is 3.56. The molecule has 1 heterocycles. The monoisotopic (exact) mass is 233 g/mol. The lowest BCUT2D eigenvalue weighted by atomic mass is 9.83. The molecule has 1 N–H and O–H groups in total. The molecule has 1 aliphatic rings. The largest absolute Gasteiger partial charge is 0.366 e. The smallest absolute Gasteiger partial charge is 0.149 e. The highest BCUT2D eigenvalue weighted by atomic mass is 15.2. The molecule has 94 valence electrons. The van der Waals surface area contributed by atoms with Crippen LogP contribution in [0.25, 0.3) is 0 Å². The van der Waals surface area contributed by atoms with E-state index in [9.17, 15) is 0 Å². The van der Waals surface area contributed by atoms with Crippen molar-refractivity contribution in [1.29, 1.82) is 0 Å². The Morgan fingerprint density at radius 1 is 1.35 bits per heavy atom. The summed E-state index contributed by atoms with van der Waals surface area (Å²) in [6.07, 6.45) is 9.89. The van der Waals surface area contributed by atoms with Gasteiger partial charge < -0.3 is 5.32 Å². The molecule has 1 aromatic rings. The number of rotatable bonds is 4. The van der Waals surface area contributed by atoms with E-state index in [0.29, 0.717) is 6.04 Å². The first-order valence-corrected chi connectivity index (χ1v) is 6.85. The molecule has 3 nitrogen and oxygen atoms in total. The highest BCUT2D eigenvalue weighted by Crippen LogP contribution is 2.29. The van der Waals surface area contributed by atoms with Crippen molar-refractivity contribution < 1.29 is 0 Å². The van der Waals surface area contributed by atoms with Crippen molar-refractivity contribution in [2.24, 2.45) is 5.92 Å². The van der Waals surface area contributed by atoms with Crippen LogP contribution in [-0.4, -0.2) is 16.2 Å². The maximum Gasteiger partial charge on any atom is 0.149 e. The van der Waals surface area contributed by atoms with Crippen molar-refractivity contribution in [3.8, 4) is 0 Å². The van der Waals surface area contributed by atoms with Crippen LogP contribution in [0.4, 0.5) is 5.82 Å². The molecular formula is C14H23N3. The van der Waals surface area contributed by atoms with Crippen LogP contribution in [0.15, 0.2) is 12.3 Å². The molecule has 0 aromatic carbocycles. The van der Waals surface area contributed by atoms with E-state index in [1.54, 1.807) is 6.20 Å². The minimum Gasteiger partial charge on any atom is -0.366 e. The van der Waals surface area contributed by atoms with Crippen LogP contribution in [0.2, 0.25) is 0 Å². The third kappa shape index (κ3) is 3.42. The molecule has 1 fully saturated rings. The van der Waals surface area contributed by atoms with Gasteiger partial charge in [-0.3, -0.25) is 0 Å². The van der Waals surface area contributed by atoms with E-state index >= 15 is 0 Å². The number of anilines is 1. The summed E-state index contributed by atoms with van der Waals surface area (Å²) in [6.45, 7) is 4.32. The summed E-state index contributed by atoms with van der Waals surface area (Å²) >= 11 is 0. The van der Waals surface area contributed by atoms with E-state index in [0.717, 1.165) is 11.7 Å². The average molecular weight is 233 g/mol. The van der Waals surface area contributed by atoms with Gasteiger partial charge in [-0.2, -0.15) is 5.10 Å². The molecule has 2 rings (SSSR count). The van der Waals surface area contributed by atoms with Crippen molar-refractivity contribution in [3.63, 3.8) is 0 Å². The van der Waals surface area contributed by atoms with Crippen molar-refractivity contribution in [3.05, 3.63) is 17.8 Å². The normalized spacial score (nSPS) is 18.9. The molecule has 1 unspecified atom stereocenters. The average Bonchev–Trinajstić information content (AvgIpc) is 2.37. The second kappa shape index (κ2) is 5.99. The van der Waals surface area contributed by atoms with Gasteiger partial charge in [0.05, 0.1) is 6.20 Å². The summed E-state index contributed by atoms with van der Waals surface area (Å²) < 4.78 is 0. The van der Waals surface area contributed by atoms with Crippen LogP contribution in [0.3, 0.4) is 0 Å². The summed E-state index contributed by atoms with van der Waals surface area (Å²) in [4.78, 5) is 0. The Bertz CT molecular complexity index is 345. The van der Waals surface area contributed by atoms with Gasteiger partial charge in [0.25, 0.3) is 0 Å². The van der Waals surface area contributed by atoms with E-state index in [4.69, 9.17) is 0 Å². The SMILES string of the molecule is CCC(Nc1cc(C)cnn1)C1CCCCC1. The Labute approximate surface area is 104 Å². The fourth-order valence-electron chi connectivity index (χ4n) is 2.81. The summed E-state index contributed by atoms with van der Waals surface area (Å²) in [5.74, 6) is 1.75. The second-order valence-corrected chi connectivity index (χ2v) is 5.18. The minimum atomic E-state index is 0.561. The Balaban J connectivity index is 1.98. The van der Waals surface area contributed by atoms with Gasteiger partial charge in [-0.1, -0.05) is 26.2 Å². The van der Waals surface area contributed by atoms with E-state index in [1.807, 2.05) is 0 Å². The number of aryl methyl sites for hydroxylation is 1. The first kappa shape index (κ1) is 12.3. The van der Waals surface area contributed by atoms with Crippen LogP contribution in [0, 0.1) is 12.8 Å². The van der Waals surface area contributed by atoms with Gasteiger partial charge in [-0.15, -0.1) is 5.10 Å². The molecule has 1 atom stereocenters. The highest BCUT2D eigenvalue weighted by molar-refractivity contribution is 5.36. The molecule has 1 saturated carbocycles. The molecule has 0 aliphatic heterocycles. The lowest BCUT2D eigenvalue weighted by molar-refractivity contribution is 0.312. The number of hydrogen-bond donors (Lipinski definition) is 1. The zero-order valence-electron chi connectivity index (χ0n) is 10.9. The molecule has 1 aromatic heterocycles. The standard InChI is InChI=1S/C14H23N3/c1-3-13(12-7-5-4-6-8-12)16-14-9-11(2)10-15-17-14/h9-10,12-13H,3-8H2,1-2H3,(H,16,17). The maximum atomic E-state index is 4.16. The molecule has 0 amide bonds. The fourth-order valence-corrected chi connectivity index (χ4v) is 2.81. The number of nitrogens with zero attached hydrogens (tertiary/aromatic N) is 2. The first-order valence-electron chi connectivity index (χ1n) is 6.85. The van der Waals surface area contributed by atoms with Crippen LogP contribution in [-0.2, 0) is 0 Å². The number of aromatic nitrogens is 2. The lowest BCUT2D eigenvalue weighted by Gasteiger charge is -2.30. The molecule has 1 aliphatic carbocycles. The summed E-state index contributed by atoms with van der Waals surface area (Å²) in [5, 5.41) is 11.7.